The first-order valence-corrected chi connectivity index (χ1v) is 8.38. The van der Waals surface area contributed by atoms with Gasteiger partial charge in [-0.3, -0.25) is 0 Å². The first kappa shape index (κ1) is 14.2. The Hall–Kier alpha value is -0.860. The summed E-state index contributed by atoms with van der Waals surface area (Å²) in [4.78, 5) is 0. The summed E-state index contributed by atoms with van der Waals surface area (Å²) in [5.41, 5.74) is -5.51. The number of hydrogen-bond acceptors (Lipinski definition) is 4. The predicted octanol–water partition coefficient (Wildman–Crippen LogP) is 2.62. The van der Waals surface area contributed by atoms with Crippen molar-refractivity contribution in [3.63, 3.8) is 0 Å². The van der Waals surface area contributed by atoms with Crippen LogP contribution in [0.25, 0.3) is 0 Å². The van der Waals surface area contributed by atoms with E-state index in [1.807, 2.05) is 0 Å². The molecule has 0 heterocycles. The summed E-state index contributed by atoms with van der Waals surface area (Å²) in [7, 11) is -5.71. The summed E-state index contributed by atoms with van der Waals surface area (Å²) >= 11 is -3.49. The fraction of sp³-hybridized carbons (Fsp3) is 0.125. The number of benzene rings is 1. The van der Waals surface area contributed by atoms with Gasteiger partial charge in [-0.25, -0.2) is 0 Å². The molecule has 0 spiro atoms. The molecule has 1 rings (SSSR count). The first-order valence-electron chi connectivity index (χ1n) is 3.94. The Morgan fingerprint density at radius 2 is 1.76 bits per heavy atom. The standard InChI is InChI=1S/C8H5F3INO3S/c9-8(10,11)17(14,15)16-12(6-13)7-4-2-1-3-5-7/h1-5H. The van der Waals surface area contributed by atoms with Crippen LogP contribution in [-0.4, -0.2) is 13.9 Å². The molecule has 0 radical (unpaired) electrons. The van der Waals surface area contributed by atoms with Gasteiger partial charge in [0.15, 0.2) is 0 Å². The van der Waals surface area contributed by atoms with E-state index in [1.54, 1.807) is 6.07 Å². The fourth-order valence-corrected chi connectivity index (χ4v) is 5.33. The zero-order valence-corrected chi connectivity index (χ0v) is 11.0. The van der Waals surface area contributed by atoms with E-state index in [2.05, 4.69) is 2.51 Å². The summed E-state index contributed by atoms with van der Waals surface area (Å²) in [5.74, 6) is 0. The van der Waals surface area contributed by atoms with Gasteiger partial charge < -0.3 is 0 Å². The van der Waals surface area contributed by atoms with Gasteiger partial charge in [0.25, 0.3) is 0 Å². The first-order chi connectivity index (χ1) is 7.78. The zero-order valence-electron chi connectivity index (χ0n) is 7.98. The van der Waals surface area contributed by atoms with E-state index in [0.29, 0.717) is 0 Å². The van der Waals surface area contributed by atoms with Gasteiger partial charge in [0, 0.05) is 0 Å². The fourth-order valence-electron chi connectivity index (χ4n) is 0.747. The number of nitrogens with zero attached hydrogens (tertiary/aromatic N) is 1. The molecule has 0 unspecified atom stereocenters. The van der Waals surface area contributed by atoms with E-state index < -0.39 is 35.9 Å². The van der Waals surface area contributed by atoms with Crippen molar-refractivity contribution in [2.45, 2.75) is 5.51 Å². The Morgan fingerprint density at radius 3 is 2.18 bits per heavy atom. The Balaban J connectivity index is 2.99. The molecule has 0 fully saturated rings. The van der Waals surface area contributed by atoms with Gasteiger partial charge in [-0.1, -0.05) is 0 Å². The van der Waals surface area contributed by atoms with E-state index in [-0.39, 0.29) is 3.57 Å². The minimum absolute atomic E-state index is 0.187. The molecule has 17 heavy (non-hydrogen) atoms. The topological polar surface area (TPSA) is 67.2 Å². The van der Waals surface area contributed by atoms with Gasteiger partial charge >= 0.3 is 103 Å². The Labute approximate surface area is 103 Å². The Morgan fingerprint density at radius 1 is 1.24 bits per heavy atom. The average molecular weight is 379 g/mol. The van der Waals surface area contributed by atoms with E-state index in [0.717, 1.165) is 0 Å². The number of halogens is 4. The van der Waals surface area contributed by atoms with Crippen LogP contribution in [0.4, 0.5) is 13.2 Å². The molecule has 0 aliphatic rings. The van der Waals surface area contributed by atoms with E-state index in [9.17, 15) is 21.6 Å². The number of alkyl halides is 3. The maximum atomic E-state index is 12.0. The molecule has 0 atom stereocenters. The van der Waals surface area contributed by atoms with Gasteiger partial charge in [0.2, 0.25) is 0 Å². The second-order valence-corrected chi connectivity index (χ2v) is 8.32. The van der Waals surface area contributed by atoms with Crippen molar-refractivity contribution in [1.29, 1.82) is 5.26 Å². The maximum absolute atomic E-state index is 12.0. The van der Waals surface area contributed by atoms with Crippen LogP contribution >= 0.6 is 20.2 Å². The van der Waals surface area contributed by atoms with Crippen molar-refractivity contribution < 1.29 is 24.1 Å². The normalized spacial score (nSPS) is 12.9. The van der Waals surface area contributed by atoms with Crippen LogP contribution in [0.5, 0.6) is 0 Å². The van der Waals surface area contributed by atoms with Crippen LogP contribution < -0.4 is 0 Å². The molecule has 0 aliphatic carbocycles. The van der Waals surface area contributed by atoms with Crippen molar-refractivity contribution in [3.8, 4) is 4.08 Å². The molecule has 0 saturated carbocycles. The summed E-state index contributed by atoms with van der Waals surface area (Å²) in [5, 5.41) is 8.67. The summed E-state index contributed by atoms with van der Waals surface area (Å²) in [6, 6.07) is 7.29. The van der Waals surface area contributed by atoms with Crippen LogP contribution in [0.2, 0.25) is 0 Å². The summed E-state index contributed by atoms with van der Waals surface area (Å²) < 4.78 is 63.3. The zero-order chi connectivity index (χ0) is 13.1. The predicted molar refractivity (Wildman–Crippen MR) is 60.8 cm³/mol. The monoisotopic (exact) mass is 379 g/mol. The molecule has 0 bridgehead atoms. The van der Waals surface area contributed by atoms with Crippen LogP contribution in [0.3, 0.4) is 0 Å². The molecule has 1 aromatic carbocycles. The third-order valence-electron chi connectivity index (χ3n) is 1.44. The molecule has 0 aliphatic heterocycles. The van der Waals surface area contributed by atoms with Crippen molar-refractivity contribution in [2.75, 3.05) is 0 Å². The molecule has 0 N–H and O–H groups in total. The van der Waals surface area contributed by atoms with Gasteiger partial charge in [-0.05, 0) is 0 Å². The molecule has 94 valence electrons. The second-order valence-electron chi connectivity index (χ2n) is 2.59. The van der Waals surface area contributed by atoms with Gasteiger partial charge in [0.1, 0.15) is 0 Å². The van der Waals surface area contributed by atoms with Gasteiger partial charge in [-0.15, -0.1) is 0 Å². The van der Waals surface area contributed by atoms with Gasteiger partial charge in [0.05, 0.1) is 0 Å². The van der Waals surface area contributed by atoms with Crippen LogP contribution in [0.15, 0.2) is 30.3 Å². The molecule has 0 saturated heterocycles. The van der Waals surface area contributed by atoms with Crippen molar-refractivity contribution in [1.82, 2.24) is 0 Å². The molecule has 4 nitrogen and oxygen atoms in total. The second kappa shape index (κ2) is 5.19. The molecule has 0 aromatic heterocycles. The number of hydrogen-bond donors (Lipinski definition) is 0. The summed E-state index contributed by atoms with van der Waals surface area (Å²) in [6.45, 7) is 0. The van der Waals surface area contributed by atoms with Gasteiger partial charge in [-0.2, -0.15) is 0 Å². The quantitative estimate of drug-likeness (QED) is 0.598. The molecule has 0 amide bonds. The van der Waals surface area contributed by atoms with Crippen molar-refractivity contribution >= 4 is 30.4 Å². The van der Waals surface area contributed by atoms with E-state index in [4.69, 9.17) is 5.26 Å². The van der Waals surface area contributed by atoms with E-state index in [1.165, 1.54) is 28.3 Å². The van der Waals surface area contributed by atoms with E-state index >= 15 is 0 Å². The molecular formula is C8H5F3INO3S. The third kappa shape index (κ3) is 3.55. The summed E-state index contributed by atoms with van der Waals surface area (Å²) in [6.07, 6.45) is 0. The molecule has 9 heteroatoms. The Kier molecular flexibility index (Phi) is 4.34. The third-order valence-corrected chi connectivity index (χ3v) is 7.08. The SMILES string of the molecule is N#CI(OS(=O)(=O)C(F)(F)F)c1ccccc1. The minimum atomic E-state index is -5.71. The number of rotatable bonds is 3. The number of nitriles is 1. The van der Waals surface area contributed by atoms with Crippen molar-refractivity contribution in [2.24, 2.45) is 0 Å². The Bertz CT molecular complexity index is 523. The van der Waals surface area contributed by atoms with Crippen LogP contribution in [0, 0.1) is 12.9 Å². The van der Waals surface area contributed by atoms with Crippen molar-refractivity contribution in [3.05, 3.63) is 33.9 Å². The average Bonchev–Trinajstić information content (AvgIpc) is 2.25. The molecule has 1 aromatic rings. The van der Waals surface area contributed by atoms with Crippen LogP contribution in [-0.2, 0) is 12.6 Å². The van der Waals surface area contributed by atoms with Crippen LogP contribution in [0.1, 0.15) is 0 Å². The molecular weight excluding hydrogens is 374 g/mol.